The van der Waals surface area contributed by atoms with Crippen LogP contribution in [0.25, 0.3) is 0 Å². The molecule has 0 fully saturated rings. The number of ketones is 2. The highest BCUT2D eigenvalue weighted by Crippen LogP contribution is 2.42. The molecule has 0 saturated heterocycles. The molecule has 0 unspecified atom stereocenters. The van der Waals surface area contributed by atoms with Gasteiger partial charge in [0.15, 0.2) is 0 Å². The number of benzene rings is 2. The number of esters is 1. The summed E-state index contributed by atoms with van der Waals surface area (Å²) < 4.78 is 5.38. The summed E-state index contributed by atoms with van der Waals surface area (Å²) in [6.45, 7) is 3.01. The smallest absolute Gasteiger partial charge is 0.307 e. The Morgan fingerprint density at radius 3 is 2.11 bits per heavy atom. The van der Waals surface area contributed by atoms with Gasteiger partial charge in [0.25, 0.3) is 5.60 Å². The molecule has 0 atom stereocenters. The quantitative estimate of drug-likeness (QED) is 0.645. The van der Waals surface area contributed by atoms with Crippen molar-refractivity contribution in [2.75, 3.05) is 0 Å². The molecule has 0 spiro atoms. The fourth-order valence-corrected chi connectivity index (χ4v) is 3.46. The van der Waals surface area contributed by atoms with Crippen LogP contribution in [0.5, 0.6) is 0 Å². The number of carboxylic acids is 1. The van der Waals surface area contributed by atoms with Crippen molar-refractivity contribution in [1.82, 2.24) is 0 Å². The van der Waals surface area contributed by atoms with Crippen LogP contribution in [0.1, 0.15) is 51.3 Å². The van der Waals surface area contributed by atoms with Crippen molar-refractivity contribution in [3.63, 3.8) is 0 Å². The van der Waals surface area contributed by atoms with Gasteiger partial charge in [0.05, 0.1) is 6.42 Å². The van der Waals surface area contributed by atoms with Crippen LogP contribution in [0.2, 0.25) is 0 Å². The molecule has 0 aliphatic heterocycles. The fraction of sp³-hybridized carbons (Fsp3) is 0.238. The van der Waals surface area contributed by atoms with E-state index in [1.165, 1.54) is 12.1 Å². The SMILES string of the molecule is CCc1ccc(CC(=O)O)c(C2(OC(C)=O)C(=O)c3ccccc3C2=O)c1. The Labute approximate surface area is 155 Å². The first kappa shape index (κ1) is 18.5. The van der Waals surface area contributed by atoms with Crippen molar-refractivity contribution in [3.05, 3.63) is 70.3 Å². The van der Waals surface area contributed by atoms with Crippen molar-refractivity contribution in [2.45, 2.75) is 32.3 Å². The van der Waals surface area contributed by atoms with Gasteiger partial charge in [-0.05, 0) is 17.5 Å². The summed E-state index contributed by atoms with van der Waals surface area (Å²) in [5.74, 6) is -3.22. The van der Waals surface area contributed by atoms with Crippen molar-refractivity contribution in [3.8, 4) is 0 Å². The summed E-state index contributed by atoms with van der Waals surface area (Å²) in [5, 5.41) is 9.25. The van der Waals surface area contributed by atoms with Gasteiger partial charge in [-0.15, -0.1) is 0 Å². The standard InChI is InChI=1S/C21H18O6/c1-3-13-8-9-14(11-18(23)24)17(10-13)21(27-12(2)22)19(25)15-6-4-5-7-16(15)20(21)26/h4-10H,3,11H2,1-2H3,(H,23,24). The molecule has 0 bridgehead atoms. The Morgan fingerprint density at radius 1 is 1.04 bits per heavy atom. The second-order valence-corrected chi connectivity index (χ2v) is 6.39. The third kappa shape index (κ3) is 2.93. The first-order chi connectivity index (χ1) is 12.8. The highest BCUT2D eigenvalue weighted by molar-refractivity contribution is 6.32. The lowest BCUT2D eigenvalue weighted by molar-refractivity contribution is -0.149. The van der Waals surface area contributed by atoms with Gasteiger partial charge >= 0.3 is 11.9 Å². The number of carbonyl (C=O) groups is 4. The summed E-state index contributed by atoms with van der Waals surface area (Å²) >= 11 is 0. The normalized spacial score (nSPS) is 14.7. The number of carbonyl (C=O) groups excluding carboxylic acids is 3. The summed E-state index contributed by atoms with van der Waals surface area (Å²) in [6, 6.07) is 11.1. The second kappa shape index (κ2) is 6.79. The maximum Gasteiger partial charge on any atom is 0.307 e. The molecule has 6 heteroatoms. The van der Waals surface area contributed by atoms with Gasteiger partial charge in [0, 0.05) is 23.6 Å². The molecular formula is C21H18O6. The number of aryl methyl sites for hydroxylation is 1. The van der Waals surface area contributed by atoms with E-state index in [0.717, 1.165) is 12.5 Å². The van der Waals surface area contributed by atoms with Crippen LogP contribution in [0, 0.1) is 0 Å². The topological polar surface area (TPSA) is 97.7 Å². The Morgan fingerprint density at radius 2 is 1.63 bits per heavy atom. The van der Waals surface area contributed by atoms with Crippen LogP contribution in [0.3, 0.4) is 0 Å². The van der Waals surface area contributed by atoms with Crippen molar-refractivity contribution >= 4 is 23.5 Å². The molecule has 0 amide bonds. The minimum Gasteiger partial charge on any atom is -0.481 e. The van der Waals surface area contributed by atoms with Gasteiger partial charge in [0.1, 0.15) is 0 Å². The van der Waals surface area contributed by atoms with Gasteiger partial charge in [-0.1, -0.05) is 49.4 Å². The molecule has 0 saturated carbocycles. The third-order valence-corrected chi connectivity index (χ3v) is 4.66. The molecule has 1 N–H and O–H groups in total. The van der Waals surface area contributed by atoms with Gasteiger partial charge < -0.3 is 9.84 Å². The number of hydrogen-bond donors (Lipinski definition) is 1. The largest absolute Gasteiger partial charge is 0.481 e. The molecule has 1 aliphatic carbocycles. The van der Waals surface area contributed by atoms with Crippen LogP contribution in [0.15, 0.2) is 42.5 Å². The zero-order valence-corrected chi connectivity index (χ0v) is 14.9. The first-order valence-electron chi connectivity index (χ1n) is 8.53. The summed E-state index contributed by atoms with van der Waals surface area (Å²) in [7, 11) is 0. The van der Waals surface area contributed by atoms with Gasteiger partial charge in [0.2, 0.25) is 11.6 Å². The summed E-state index contributed by atoms with van der Waals surface area (Å²) in [6.07, 6.45) is 0.199. The molecule has 0 heterocycles. The summed E-state index contributed by atoms with van der Waals surface area (Å²) in [4.78, 5) is 49.7. The first-order valence-corrected chi connectivity index (χ1v) is 8.53. The third-order valence-electron chi connectivity index (χ3n) is 4.66. The molecule has 2 aromatic carbocycles. The Balaban J connectivity index is 2.32. The molecule has 27 heavy (non-hydrogen) atoms. The van der Waals surface area contributed by atoms with E-state index in [-0.39, 0.29) is 22.3 Å². The van der Waals surface area contributed by atoms with Crippen LogP contribution in [0.4, 0.5) is 0 Å². The van der Waals surface area contributed by atoms with Crippen molar-refractivity contribution in [1.29, 1.82) is 0 Å². The molecule has 3 rings (SSSR count). The molecular weight excluding hydrogens is 348 g/mol. The van der Waals surface area contributed by atoms with E-state index >= 15 is 0 Å². The Hall–Kier alpha value is -3.28. The summed E-state index contributed by atoms with van der Waals surface area (Å²) in [5.41, 5.74) is -0.701. The van der Waals surface area contributed by atoms with E-state index in [4.69, 9.17) is 4.74 Å². The number of carboxylic acid groups (broad SMARTS) is 1. The molecule has 6 nitrogen and oxygen atoms in total. The molecule has 0 radical (unpaired) electrons. The number of fused-ring (bicyclic) bond motifs is 1. The Kier molecular flexibility index (Phi) is 4.66. The predicted molar refractivity (Wildman–Crippen MR) is 95.7 cm³/mol. The highest BCUT2D eigenvalue weighted by atomic mass is 16.6. The monoisotopic (exact) mass is 366 g/mol. The minimum atomic E-state index is -2.19. The van der Waals surface area contributed by atoms with E-state index in [1.807, 2.05) is 6.92 Å². The number of rotatable bonds is 5. The minimum absolute atomic E-state index is 0.116. The van der Waals surface area contributed by atoms with Crippen molar-refractivity contribution < 1.29 is 29.0 Å². The van der Waals surface area contributed by atoms with Crippen LogP contribution in [-0.4, -0.2) is 28.6 Å². The number of Topliss-reactive ketones (excluding diaryl/α,β-unsaturated/α-hetero) is 2. The zero-order chi connectivity index (χ0) is 19.8. The number of hydrogen-bond acceptors (Lipinski definition) is 5. The van der Waals surface area contributed by atoms with E-state index in [9.17, 15) is 24.3 Å². The van der Waals surface area contributed by atoms with Gasteiger partial charge in [-0.25, -0.2) is 0 Å². The van der Waals surface area contributed by atoms with Gasteiger partial charge in [-0.2, -0.15) is 0 Å². The van der Waals surface area contributed by atoms with E-state index in [1.54, 1.807) is 30.3 Å². The van der Waals surface area contributed by atoms with E-state index in [0.29, 0.717) is 6.42 Å². The molecule has 1 aliphatic rings. The lowest BCUT2D eigenvalue weighted by Gasteiger charge is -2.28. The molecule has 0 aromatic heterocycles. The maximum absolute atomic E-state index is 13.3. The fourth-order valence-electron chi connectivity index (χ4n) is 3.46. The number of aliphatic carboxylic acids is 1. The van der Waals surface area contributed by atoms with E-state index in [2.05, 4.69) is 0 Å². The average molecular weight is 366 g/mol. The van der Waals surface area contributed by atoms with Crippen LogP contribution >= 0.6 is 0 Å². The van der Waals surface area contributed by atoms with Crippen LogP contribution < -0.4 is 0 Å². The van der Waals surface area contributed by atoms with E-state index < -0.39 is 35.5 Å². The maximum atomic E-state index is 13.3. The Bertz CT molecular complexity index is 937. The average Bonchev–Trinajstić information content (AvgIpc) is 2.84. The van der Waals surface area contributed by atoms with Gasteiger partial charge in [-0.3, -0.25) is 19.2 Å². The van der Waals surface area contributed by atoms with Crippen LogP contribution in [-0.2, 0) is 32.8 Å². The number of ether oxygens (including phenoxy) is 1. The lowest BCUT2D eigenvalue weighted by atomic mass is 9.83. The predicted octanol–water partition coefficient (Wildman–Crippen LogP) is 2.71. The second-order valence-electron chi connectivity index (χ2n) is 6.39. The molecule has 2 aromatic rings. The lowest BCUT2D eigenvalue weighted by Crippen LogP contribution is -2.43. The van der Waals surface area contributed by atoms with Crippen molar-refractivity contribution in [2.24, 2.45) is 0 Å². The molecule has 138 valence electrons. The highest BCUT2D eigenvalue weighted by Gasteiger charge is 2.58. The zero-order valence-electron chi connectivity index (χ0n) is 14.9.